The predicted molar refractivity (Wildman–Crippen MR) is 94.1 cm³/mol. The monoisotopic (exact) mass is 358 g/mol. The molecule has 1 atom stereocenters. The van der Waals surface area contributed by atoms with Crippen LogP contribution in [-0.2, 0) is 4.79 Å². The van der Waals surface area contributed by atoms with Crippen molar-refractivity contribution in [3.05, 3.63) is 29.5 Å². The van der Waals surface area contributed by atoms with Gasteiger partial charge < -0.3 is 24.9 Å². The number of rotatable bonds is 6. The van der Waals surface area contributed by atoms with Crippen molar-refractivity contribution in [2.75, 3.05) is 19.8 Å². The third-order valence-electron chi connectivity index (χ3n) is 5.14. The lowest BCUT2D eigenvalue weighted by molar-refractivity contribution is -0.125. The SMILES string of the molecule is Cc1oc2ccc(OCC3CC3)cc2c1C(=O)NC1(CO)CCNC1=O. The number of aliphatic hydroxyl groups is 1. The highest BCUT2D eigenvalue weighted by Crippen LogP contribution is 2.32. The molecule has 4 rings (SSSR count). The average molecular weight is 358 g/mol. The predicted octanol–water partition coefficient (Wildman–Crippen LogP) is 1.51. The summed E-state index contributed by atoms with van der Waals surface area (Å²) in [6, 6.07) is 5.41. The van der Waals surface area contributed by atoms with E-state index >= 15 is 0 Å². The molecule has 26 heavy (non-hydrogen) atoms. The number of aryl methyl sites for hydroxylation is 1. The summed E-state index contributed by atoms with van der Waals surface area (Å²) in [6.07, 6.45) is 2.75. The van der Waals surface area contributed by atoms with Gasteiger partial charge in [-0.25, -0.2) is 0 Å². The minimum Gasteiger partial charge on any atom is -0.493 e. The fraction of sp³-hybridized carbons (Fsp3) is 0.474. The second kappa shape index (κ2) is 6.32. The molecule has 0 bridgehead atoms. The summed E-state index contributed by atoms with van der Waals surface area (Å²) in [5.74, 6) is 0.974. The van der Waals surface area contributed by atoms with E-state index in [0.717, 1.165) is 0 Å². The first kappa shape index (κ1) is 16.9. The van der Waals surface area contributed by atoms with Crippen molar-refractivity contribution in [2.45, 2.75) is 31.7 Å². The molecule has 7 nitrogen and oxygen atoms in total. The third kappa shape index (κ3) is 2.92. The topological polar surface area (TPSA) is 101 Å². The van der Waals surface area contributed by atoms with E-state index in [4.69, 9.17) is 9.15 Å². The molecule has 0 radical (unpaired) electrons. The number of carbonyl (C=O) groups excluding carboxylic acids is 2. The summed E-state index contributed by atoms with van der Waals surface area (Å²) >= 11 is 0. The Morgan fingerprint density at radius 3 is 2.92 bits per heavy atom. The normalized spacial score (nSPS) is 22.5. The van der Waals surface area contributed by atoms with Crippen LogP contribution in [-0.4, -0.2) is 42.2 Å². The molecular formula is C19H22N2O5. The lowest BCUT2D eigenvalue weighted by Gasteiger charge is -2.24. The Balaban J connectivity index is 1.63. The van der Waals surface area contributed by atoms with E-state index in [1.54, 1.807) is 19.1 Å². The van der Waals surface area contributed by atoms with Gasteiger partial charge in [0.05, 0.1) is 18.8 Å². The molecule has 3 N–H and O–H groups in total. The van der Waals surface area contributed by atoms with E-state index in [0.29, 0.717) is 53.5 Å². The van der Waals surface area contributed by atoms with Crippen molar-refractivity contribution in [3.8, 4) is 5.75 Å². The summed E-state index contributed by atoms with van der Waals surface area (Å²) in [5, 5.41) is 15.7. The Morgan fingerprint density at radius 2 is 2.27 bits per heavy atom. The highest BCUT2D eigenvalue weighted by molar-refractivity contribution is 6.09. The largest absolute Gasteiger partial charge is 0.493 e. The zero-order chi connectivity index (χ0) is 18.3. The maximum absolute atomic E-state index is 12.9. The van der Waals surface area contributed by atoms with Gasteiger partial charge in [0.25, 0.3) is 5.91 Å². The van der Waals surface area contributed by atoms with E-state index in [1.807, 2.05) is 6.07 Å². The standard InChI is InChI=1S/C19H22N2O5/c1-11-16(17(23)21-19(10-22)6-7-20-18(19)24)14-8-13(4-5-15(14)26-11)25-9-12-2-3-12/h4-5,8,12,22H,2-3,6-7,9-10H2,1H3,(H,20,24)(H,21,23). The average Bonchev–Trinajstić information content (AvgIpc) is 3.30. The second-order valence-corrected chi connectivity index (χ2v) is 7.15. The lowest BCUT2D eigenvalue weighted by Crippen LogP contribution is -2.56. The molecule has 1 unspecified atom stereocenters. The maximum Gasteiger partial charge on any atom is 0.256 e. The molecule has 2 heterocycles. The Labute approximate surface area is 150 Å². The number of aliphatic hydroxyl groups excluding tert-OH is 1. The molecule has 7 heteroatoms. The maximum atomic E-state index is 12.9. The van der Waals surface area contributed by atoms with Crippen molar-refractivity contribution in [3.63, 3.8) is 0 Å². The number of carbonyl (C=O) groups is 2. The second-order valence-electron chi connectivity index (χ2n) is 7.15. The van der Waals surface area contributed by atoms with Gasteiger partial charge in [-0.15, -0.1) is 0 Å². The molecular weight excluding hydrogens is 336 g/mol. The zero-order valence-corrected chi connectivity index (χ0v) is 14.6. The third-order valence-corrected chi connectivity index (χ3v) is 5.14. The summed E-state index contributed by atoms with van der Waals surface area (Å²) in [6.45, 7) is 2.36. The van der Waals surface area contributed by atoms with Crippen LogP contribution in [0.5, 0.6) is 5.75 Å². The smallest absolute Gasteiger partial charge is 0.256 e. The Kier molecular flexibility index (Phi) is 4.11. The zero-order valence-electron chi connectivity index (χ0n) is 14.6. The molecule has 1 aliphatic carbocycles. The number of benzene rings is 1. The van der Waals surface area contributed by atoms with Crippen molar-refractivity contribution in [1.29, 1.82) is 0 Å². The molecule has 1 aliphatic heterocycles. The lowest BCUT2D eigenvalue weighted by atomic mass is 9.97. The van der Waals surface area contributed by atoms with Crippen LogP contribution in [0.4, 0.5) is 0 Å². The molecule has 1 saturated carbocycles. The molecule has 2 amide bonds. The van der Waals surface area contributed by atoms with Crippen LogP contribution in [0.2, 0.25) is 0 Å². The summed E-state index contributed by atoms with van der Waals surface area (Å²) in [7, 11) is 0. The van der Waals surface area contributed by atoms with Gasteiger partial charge in [0.15, 0.2) is 0 Å². The van der Waals surface area contributed by atoms with Gasteiger partial charge in [-0.3, -0.25) is 9.59 Å². The summed E-state index contributed by atoms with van der Waals surface area (Å²) in [5.41, 5.74) is -0.336. The van der Waals surface area contributed by atoms with E-state index in [1.165, 1.54) is 12.8 Å². The van der Waals surface area contributed by atoms with Crippen LogP contribution < -0.4 is 15.4 Å². The van der Waals surface area contributed by atoms with Crippen LogP contribution in [0.25, 0.3) is 11.0 Å². The summed E-state index contributed by atoms with van der Waals surface area (Å²) < 4.78 is 11.5. The van der Waals surface area contributed by atoms with Gasteiger partial charge >= 0.3 is 0 Å². The van der Waals surface area contributed by atoms with Crippen molar-refractivity contribution < 1.29 is 23.8 Å². The van der Waals surface area contributed by atoms with E-state index in [2.05, 4.69) is 10.6 Å². The molecule has 1 aromatic heterocycles. The van der Waals surface area contributed by atoms with Crippen LogP contribution in [0, 0.1) is 12.8 Å². The van der Waals surface area contributed by atoms with Crippen LogP contribution in [0.1, 0.15) is 35.4 Å². The molecule has 138 valence electrons. The molecule has 2 aliphatic rings. The number of hydrogen-bond acceptors (Lipinski definition) is 5. The number of hydrogen-bond donors (Lipinski definition) is 3. The Hall–Kier alpha value is -2.54. The fourth-order valence-corrected chi connectivity index (χ4v) is 3.33. The van der Waals surface area contributed by atoms with Crippen LogP contribution >= 0.6 is 0 Å². The molecule has 1 aromatic carbocycles. The van der Waals surface area contributed by atoms with E-state index in [-0.39, 0.29) is 5.91 Å². The van der Waals surface area contributed by atoms with Crippen LogP contribution in [0.15, 0.2) is 22.6 Å². The molecule has 1 saturated heterocycles. The summed E-state index contributed by atoms with van der Waals surface area (Å²) in [4.78, 5) is 25.0. The Bertz CT molecular complexity index is 870. The van der Waals surface area contributed by atoms with Gasteiger partial charge in [-0.1, -0.05) is 0 Å². The molecule has 2 fully saturated rings. The quantitative estimate of drug-likeness (QED) is 0.727. The minimum atomic E-state index is -1.28. The first-order valence-corrected chi connectivity index (χ1v) is 8.90. The Morgan fingerprint density at radius 1 is 1.46 bits per heavy atom. The number of fused-ring (bicyclic) bond motifs is 1. The minimum absolute atomic E-state index is 0.346. The van der Waals surface area contributed by atoms with Crippen molar-refractivity contribution in [2.24, 2.45) is 5.92 Å². The number of furan rings is 1. The molecule has 0 spiro atoms. The van der Waals surface area contributed by atoms with E-state index < -0.39 is 18.1 Å². The van der Waals surface area contributed by atoms with Crippen molar-refractivity contribution in [1.82, 2.24) is 10.6 Å². The van der Waals surface area contributed by atoms with Gasteiger partial charge in [0, 0.05) is 11.9 Å². The van der Waals surface area contributed by atoms with Gasteiger partial charge in [-0.05, 0) is 50.3 Å². The number of ether oxygens (including phenoxy) is 1. The van der Waals surface area contributed by atoms with Gasteiger partial charge in [-0.2, -0.15) is 0 Å². The fourth-order valence-electron chi connectivity index (χ4n) is 3.33. The first-order valence-electron chi connectivity index (χ1n) is 8.90. The highest BCUT2D eigenvalue weighted by Gasteiger charge is 2.44. The van der Waals surface area contributed by atoms with Gasteiger partial charge in [0.1, 0.15) is 22.6 Å². The number of nitrogens with one attached hydrogen (secondary N) is 2. The van der Waals surface area contributed by atoms with E-state index in [9.17, 15) is 14.7 Å². The van der Waals surface area contributed by atoms with Crippen LogP contribution in [0.3, 0.4) is 0 Å². The highest BCUT2D eigenvalue weighted by atomic mass is 16.5. The van der Waals surface area contributed by atoms with Gasteiger partial charge in [0.2, 0.25) is 5.91 Å². The van der Waals surface area contributed by atoms with Crippen molar-refractivity contribution >= 4 is 22.8 Å². The molecule has 2 aromatic rings. The number of amides is 2. The first-order chi connectivity index (χ1) is 12.5.